The smallest absolute Gasteiger partial charge is 0.197 e. The van der Waals surface area contributed by atoms with Crippen LogP contribution >= 0.6 is 0 Å². The maximum atomic E-state index is 10.9. The zero-order valence-corrected chi connectivity index (χ0v) is 22.2. The van der Waals surface area contributed by atoms with Crippen LogP contribution in [0.4, 0.5) is 0 Å². The summed E-state index contributed by atoms with van der Waals surface area (Å²) in [7, 11) is 0. The summed E-state index contributed by atoms with van der Waals surface area (Å²) in [5.74, 6) is 1.82. The SMILES string of the molecule is CCCCCC(O)Oc1ccc(-c2nc(-c3ccc(C)cc3C)nc(-c3ccc(C)cc3C)n2)c(O)c1. The summed E-state index contributed by atoms with van der Waals surface area (Å²) in [6, 6.07) is 17.3. The number of aromatic hydroxyl groups is 1. The number of aliphatic hydroxyl groups is 1. The fourth-order valence-corrected chi connectivity index (χ4v) is 4.43. The van der Waals surface area contributed by atoms with Crippen molar-refractivity contribution in [1.82, 2.24) is 15.0 Å². The van der Waals surface area contributed by atoms with E-state index in [4.69, 9.17) is 19.7 Å². The molecule has 2 N–H and O–H groups in total. The summed E-state index contributed by atoms with van der Waals surface area (Å²) in [6.45, 7) is 10.3. The van der Waals surface area contributed by atoms with E-state index < -0.39 is 6.29 Å². The number of benzene rings is 3. The van der Waals surface area contributed by atoms with Crippen molar-refractivity contribution in [3.63, 3.8) is 0 Å². The molecule has 0 saturated heterocycles. The summed E-state index contributed by atoms with van der Waals surface area (Å²) in [5.41, 5.74) is 6.74. The fraction of sp³-hybridized carbons (Fsp3) is 0.323. The molecule has 192 valence electrons. The minimum absolute atomic E-state index is 0.0254. The molecule has 37 heavy (non-hydrogen) atoms. The number of unbranched alkanes of at least 4 members (excludes halogenated alkanes) is 2. The van der Waals surface area contributed by atoms with Gasteiger partial charge in [0.25, 0.3) is 0 Å². The van der Waals surface area contributed by atoms with E-state index in [2.05, 4.69) is 32.9 Å². The van der Waals surface area contributed by atoms with Crippen molar-refractivity contribution in [2.24, 2.45) is 0 Å². The van der Waals surface area contributed by atoms with Crippen LogP contribution in [0.15, 0.2) is 54.6 Å². The normalized spacial score (nSPS) is 11.9. The van der Waals surface area contributed by atoms with Gasteiger partial charge in [-0.3, -0.25) is 0 Å². The lowest BCUT2D eigenvalue weighted by Gasteiger charge is -2.15. The maximum Gasteiger partial charge on any atom is 0.197 e. The first-order chi connectivity index (χ1) is 17.7. The number of aromatic nitrogens is 3. The van der Waals surface area contributed by atoms with Crippen molar-refractivity contribution in [3.05, 3.63) is 76.9 Å². The van der Waals surface area contributed by atoms with Gasteiger partial charge in [-0.05, 0) is 57.4 Å². The Morgan fingerprint density at radius 1 is 0.703 bits per heavy atom. The first kappa shape index (κ1) is 26.3. The largest absolute Gasteiger partial charge is 0.507 e. The average Bonchev–Trinajstić information content (AvgIpc) is 2.84. The zero-order valence-electron chi connectivity index (χ0n) is 22.2. The van der Waals surface area contributed by atoms with Crippen LogP contribution in [0.5, 0.6) is 11.5 Å². The van der Waals surface area contributed by atoms with Crippen molar-refractivity contribution < 1.29 is 14.9 Å². The molecule has 0 amide bonds. The second-order valence-electron chi connectivity index (χ2n) is 9.69. The molecule has 0 aliphatic carbocycles. The van der Waals surface area contributed by atoms with Crippen LogP contribution in [-0.4, -0.2) is 31.5 Å². The molecule has 0 fully saturated rings. The van der Waals surface area contributed by atoms with E-state index in [0.717, 1.165) is 52.6 Å². The van der Waals surface area contributed by atoms with Gasteiger partial charge in [0.05, 0.1) is 5.56 Å². The number of aryl methyl sites for hydroxylation is 4. The molecule has 6 heteroatoms. The second-order valence-corrected chi connectivity index (χ2v) is 9.69. The summed E-state index contributed by atoms with van der Waals surface area (Å²) in [6.07, 6.45) is 2.62. The molecule has 1 aromatic heterocycles. The zero-order chi connectivity index (χ0) is 26.5. The monoisotopic (exact) mass is 497 g/mol. The summed E-state index contributed by atoms with van der Waals surface area (Å²) < 4.78 is 5.61. The number of hydrogen-bond donors (Lipinski definition) is 2. The Labute approximate surface area is 219 Å². The van der Waals surface area contributed by atoms with Crippen LogP contribution in [0.1, 0.15) is 54.9 Å². The van der Waals surface area contributed by atoms with Crippen LogP contribution in [0.2, 0.25) is 0 Å². The molecule has 0 radical (unpaired) electrons. The van der Waals surface area contributed by atoms with Crippen LogP contribution in [0, 0.1) is 27.7 Å². The highest BCUT2D eigenvalue weighted by molar-refractivity contribution is 5.72. The van der Waals surface area contributed by atoms with Crippen molar-refractivity contribution in [2.45, 2.75) is 66.6 Å². The van der Waals surface area contributed by atoms with Crippen LogP contribution in [-0.2, 0) is 0 Å². The molecule has 3 aromatic carbocycles. The molecular formula is C31H35N3O3. The quantitative estimate of drug-likeness (QED) is 0.190. The minimum Gasteiger partial charge on any atom is -0.507 e. The minimum atomic E-state index is -0.916. The van der Waals surface area contributed by atoms with Gasteiger partial charge in [0.15, 0.2) is 23.8 Å². The molecule has 1 atom stereocenters. The second kappa shape index (κ2) is 11.5. The Morgan fingerprint density at radius 2 is 1.22 bits per heavy atom. The standard InChI is InChI=1S/C31H35N3O3/c1-6-7-8-9-28(36)37-23-12-15-26(27(35)18-23)31-33-29(24-13-10-19(2)16-21(24)4)32-30(34-31)25-14-11-20(3)17-22(25)5/h10-18,28,35-36H,6-9H2,1-5H3. The molecule has 1 unspecified atom stereocenters. The van der Waals surface area contributed by atoms with Gasteiger partial charge in [-0.1, -0.05) is 67.3 Å². The summed E-state index contributed by atoms with van der Waals surface area (Å²) >= 11 is 0. The number of phenols is 1. The van der Waals surface area contributed by atoms with Gasteiger partial charge in [-0.15, -0.1) is 0 Å². The van der Waals surface area contributed by atoms with E-state index in [-0.39, 0.29) is 5.75 Å². The predicted molar refractivity (Wildman–Crippen MR) is 148 cm³/mol. The first-order valence-corrected chi connectivity index (χ1v) is 12.8. The topological polar surface area (TPSA) is 88.4 Å². The molecular weight excluding hydrogens is 462 g/mol. The van der Waals surface area contributed by atoms with Gasteiger partial charge in [-0.2, -0.15) is 0 Å². The van der Waals surface area contributed by atoms with E-state index in [9.17, 15) is 10.2 Å². The van der Waals surface area contributed by atoms with Crippen molar-refractivity contribution in [1.29, 1.82) is 0 Å². The highest BCUT2D eigenvalue weighted by atomic mass is 16.6. The Balaban J connectivity index is 1.76. The molecule has 0 spiro atoms. The Hall–Kier alpha value is -3.77. The average molecular weight is 498 g/mol. The summed E-state index contributed by atoms with van der Waals surface area (Å²) in [4.78, 5) is 14.4. The Kier molecular flexibility index (Phi) is 8.19. The van der Waals surface area contributed by atoms with Crippen LogP contribution in [0.3, 0.4) is 0 Å². The van der Waals surface area contributed by atoms with Gasteiger partial charge in [0.1, 0.15) is 11.5 Å². The molecule has 4 aromatic rings. The molecule has 6 nitrogen and oxygen atoms in total. The Bertz CT molecular complexity index is 1330. The number of phenolic OH excluding ortho intramolecular Hbond substituents is 1. The molecule has 0 bridgehead atoms. The molecule has 1 heterocycles. The fourth-order valence-electron chi connectivity index (χ4n) is 4.43. The van der Waals surface area contributed by atoms with Gasteiger partial charge in [0.2, 0.25) is 0 Å². The molecule has 4 rings (SSSR count). The first-order valence-electron chi connectivity index (χ1n) is 12.8. The lowest BCUT2D eigenvalue weighted by molar-refractivity contribution is -0.0246. The van der Waals surface area contributed by atoms with E-state index in [0.29, 0.717) is 35.2 Å². The van der Waals surface area contributed by atoms with E-state index >= 15 is 0 Å². The number of ether oxygens (including phenoxy) is 1. The number of aliphatic hydroxyl groups excluding tert-OH is 1. The lowest BCUT2D eigenvalue weighted by Crippen LogP contribution is -2.15. The van der Waals surface area contributed by atoms with Crippen molar-refractivity contribution in [3.8, 4) is 45.7 Å². The number of nitrogens with zero attached hydrogens (tertiary/aromatic N) is 3. The Morgan fingerprint density at radius 3 is 1.70 bits per heavy atom. The molecule has 0 saturated carbocycles. The van der Waals surface area contributed by atoms with E-state index in [1.165, 1.54) is 6.07 Å². The van der Waals surface area contributed by atoms with E-state index in [1.54, 1.807) is 12.1 Å². The highest BCUT2D eigenvalue weighted by Gasteiger charge is 2.18. The van der Waals surface area contributed by atoms with Gasteiger partial charge < -0.3 is 14.9 Å². The van der Waals surface area contributed by atoms with Crippen molar-refractivity contribution >= 4 is 0 Å². The third-order valence-corrected chi connectivity index (χ3v) is 6.42. The molecule has 0 aliphatic rings. The predicted octanol–water partition coefficient (Wildman–Crippen LogP) is 7.09. The maximum absolute atomic E-state index is 10.9. The third-order valence-electron chi connectivity index (χ3n) is 6.42. The van der Waals surface area contributed by atoms with E-state index in [1.807, 2.05) is 38.1 Å². The van der Waals surface area contributed by atoms with Crippen LogP contribution < -0.4 is 4.74 Å². The summed E-state index contributed by atoms with van der Waals surface area (Å²) in [5, 5.41) is 21.1. The van der Waals surface area contributed by atoms with Crippen molar-refractivity contribution in [2.75, 3.05) is 0 Å². The highest BCUT2D eigenvalue weighted by Crippen LogP contribution is 2.34. The van der Waals surface area contributed by atoms with Crippen LogP contribution in [0.25, 0.3) is 34.2 Å². The van der Waals surface area contributed by atoms with Gasteiger partial charge in [0, 0.05) is 23.6 Å². The lowest BCUT2D eigenvalue weighted by atomic mass is 10.0. The van der Waals surface area contributed by atoms with Gasteiger partial charge >= 0.3 is 0 Å². The number of hydrogen-bond acceptors (Lipinski definition) is 6. The third kappa shape index (κ3) is 6.33. The van der Waals surface area contributed by atoms with Gasteiger partial charge in [-0.25, -0.2) is 15.0 Å². The number of rotatable bonds is 9. The molecule has 0 aliphatic heterocycles.